The van der Waals surface area contributed by atoms with Crippen molar-refractivity contribution in [1.29, 1.82) is 0 Å². The van der Waals surface area contributed by atoms with Gasteiger partial charge in [-0.15, -0.1) is 0 Å². The van der Waals surface area contributed by atoms with E-state index in [1.165, 1.54) is 4.90 Å². The number of likely N-dealkylation sites (N-methyl/N-ethyl adjacent to an activating group) is 2. The molecule has 5 nitrogen and oxygen atoms in total. The highest BCUT2D eigenvalue weighted by molar-refractivity contribution is 5.86. The van der Waals surface area contributed by atoms with Gasteiger partial charge in [0.25, 0.3) is 0 Å². The van der Waals surface area contributed by atoms with E-state index >= 15 is 0 Å². The fourth-order valence-corrected chi connectivity index (χ4v) is 1.74. The third-order valence-electron chi connectivity index (χ3n) is 2.69. The van der Waals surface area contributed by atoms with Crippen LogP contribution in [0.15, 0.2) is 0 Å². The normalized spacial score (nSPS) is 23.1. The van der Waals surface area contributed by atoms with Gasteiger partial charge in [-0.1, -0.05) is 0 Å². The Balaban J connectivity index is 2.49. The van der Waals surface area contributed by atoms with Crippen LogP contribution >= 0.6 is 0 Å². The third kappa shape index (κ3) is 2.68. The van der Waals surface area contributed by atoms with Gasteiger partial charge in [-0.2, -0.15) is 0 Å². The van der Waals surface area contributed by atoms with Gasteiger partial charge in [0, 0.05) is 27.7 Å². The smallest absolute Gasteiger partial charge is 0.239 e. The Morgan fingerprint density at radius 3 is 2.60 bits per heavy atom. The maximum Gasteiger partial charge on any atom is 0.239 e. The van der Waals surface area contributed by atoms with Crippen LogP contribution in [-0.2, 0) is 9.59 Å². The van der Waals surface area contributed by atoms with Gasteiger partial charge in [-0.3, -0.25) is 14.9 Å². The predicted molar refractivity (Wildman–Crippen MR) is 57.3 cm³/mol. The van der Waals surface area contributed by atoms with Crippen LogP contribution in [0.3, 0.4) is 0 Å². The largest absolute Gasteiger partial charge is 0.347 e. The molecule has 5 heteroatoms. The minimum atomic E-state index is -0.305. The van der Waals surface area contributed by atoms with Gasteiger partial charge >= 0.3 is 0 Å². The molecule has 86 valence electrons. The number of nitrogens with one attached hydrogen (secondary N) is 1. The zero-order chi connectivity index (χ0) is 11.6. The van der Waals surface area contributed by atoms with Gasteiger partial charge in [-0.05, 0) is 13.3 Å². The van der Waals surface area contributed by atoms with E-state index in [0.717, 1.165) is 13.0 Å². The minimum absolute atomic E-state index is 0.00245. The van der Waals surface area contributed by atoms with Gasteiger partial charge in [0.2, 0.25) is 11.8 Å². The molecule has 2 atom stereocenters. The lowest BCUT2D eigenvalue weighted by molar-refractivity contribution is -0.132. The molecule has 1 fully saturated rings. The minimum Gasteiger partial charge on any atom is -0.347 e. The summed E-state index contributed by atoms with van der Waals surface area (Å²) in [6, 6.07) is -0.505. The Bertz CT molecular complexity index is 265. The van der Waals surface area contributed by atoms with E-state index in [4.69, 9.17) is 0 Å². The van der Waals surface area contributed by atoms with E-state index in [9.17, 15) is 9.59 Å². The molecule has 2 amide bonds. The van der Waals surface area contributed by atoms with Crippen molar-refractivity contribution in [1.82, 2.24) is 15.1 Å². The highest BCUT2D eigenvalue weighted by atomic mass is 16.2. The van der Waals surface area contributed by atoms with Crippen molar-refractivity contribution in [2.24, 2.45) is 0 Å². The third-order valence-corrected chi connectivity index (χ3v) is 2.69. The summed E-state index contributed by atoms with van der Waals surface area (Å²) in [4.78, 5) is 26.3. The lowest BCUT2D eigenvalue weighted by Crippen LogP contribution is -2.48. The molecule has 1 aliphatic rings. The first-order valence-electron chi connectivity index (χ1n) is 5.15. The van der Waals surface area contributed by atoms with E-state index in [1.54, 1.807) is 33.0 Å². The maximum atomic E-state index is 11.6. The van der Waals surface area contributed by atoms with Crippen LogP contribution in [-0.4, -0.2) is 61.4 Å². The summed E-state index contributed by atoms with van der Waals surface area (Å²) in [5.41, 5.74) is 0. The van der Waals surface area contributed by atoms with Crippen molar-refractivity contribution in [3.63, 3.8) is 0 Å². The Morgan fingerprint density at radius 2 is 2.20 bits per heavy atom. The molecule has 0 aromatic rings. The standard InChI is InChI=1S/C10H19N3O2/c1-7(9(14)12(2)3)11-8-5-6-13(4)10(8)15/h7-8,11H,5-6H2,1-4H3. The predicted octanol–water partition coefficient (Wildman–Crippen LogP) is -0.717. The Labute approximate surface area is 90.4 Å². The van der Waals surface area contributed by atoms with Gasteiger partial charge in [0.05, 0.1) is 12.1 Å². The number of carbonyl (C=O) groups excluding carboxylic acids is 2. The van der Waals surface area contributed by atoms with Crippen LogP contribution in [0.2, 0.25) is 0 Å². The number of hydrogen-bond acceptors (Lipinski definition) is 3. The molecular formula is C10H19N3O2. The summed E-state index contributed by atoms with van der Waals surface area (Å²) in [5, 5.41) is 3.06. The molecule has 0 saturated carbocycles. The van der Waals surface area contributed by atoms with Crippen molar-refractivity contribution in [3.8, 4) is 0 Å². The SMILES string of the molecule is CC(NC1CCN(C)C1=O)C(=O)N(C)C. The fraction of sp³-hybridized carbons (Fsp3) is 0.800. The van der Waals surface area contributed by atoms with Crippen LogP contribution < -0.4 is 5.32 Å². The Morgan fingerprint density at radius 1 is 1.60 bits per heavy atom. The van der Waals surface area contributed by atoms with Crippen molar-refractivity contribution in [3.05, 3.63) is 0 Å². The second-order valence-corrected chi connectivity index (χ2v) is 4.22. The van der Waals surface area contributed by atoms with E-state index in [2.05, 4.69) is 5.32 Å². The molecule has 15 heavy (non-hydrogen) atoms. The van der Waals surface area contributed by atoms with Crippen molar-refractivity contribution < 1.29 is 9.59 Å². The van der Waals surface area contributed by atoms with E-state index < -0.39 is 0 Å². The van der Waals surface area contributed by atoms with Crippen molar-refractivity contribution in [2.45, 2.75) is 25.4 Å². The number of likely N-dealkylation sites (tertiary alicyclic amines) is 1. The van der Waals surface area contributed by atoms with Crippen LogP contribution in [0.5, 0.6) is 0 Å². The molecule has 2 unspecified atom stereocenters. The van der Waals surface area contributed by atoms with Crippen molar-refractivity contribution >= 4 is 11.8 Å². The number of rotatable bonds is 3. The first-order chi connectivity index (χ1) is 6.93. The molecule has 0 spiro atoms. The lowest BCUT2D eigenvalue weighted by Gasteiger charge is -2.20. The Kier molecular flexibility index (Phi) is 3.68. The molecule has 0 aromatic heterocycles. The molecule has 0 radical (unpaired) electrons. The molecule has 1 heterocycles. The van der Waals surface area contributed by atoms with Gasteiger partial charge < -0.3 is 9.80 Å². The summed E-state index contributed by atoms with van der Waals surface area (Å²) >= 11 is 0. The maximum absolute atomic E-state index is 11.6. The van der Waals surface area contributed by atoms with E-state index in [-0.39, 0.29) is 23.9 Å². The summed E-state index contributed by atoms with van der Waals surface area (Å²) in [6.45, 7) is 2.55. The van der Waals surface area contributed by atoms with Gasteiger partial charge in [-0.25, -0.2) is 0 Å². The van der Waals surface area contributed by atoms with Gasteiger partial charge in [0.15, 0.2) is 0 Å². The van der Waals surface area contributed by atoms with Crippen LogP contribution in [0.25, 0.3) is 0 Å². The van der Waals surface area contributed by atoms with Gasteiger partial charge in [0.1, 0.15) is 0 Å². The summed E-state index contributed by atoms with van der Waals surface area (Å²) < 4.78 is 0. The monoisotopic (exact) mass is 213 g/mol. The molecule has 1 saturated heterocycles. The van der Waals surface area contributed by atoms with E-state index in [1.807, 2.05) is 0 Å². The first kappa shape index (κ1) is 12.0. The second-order valence-electron chi connectivity index (χ2n) is 4.22. The van der Waals surface area contributed by atoms with Crippen molar-refractivity contribution in [2.75, 3.05) is 27.7 Å². The number of nitrogens with zero attached hydrogens (tertiary/aromatic N) is 2. The summed E-state index contributed by atoms with van der Waals surface area (Å²) in [6.07, 6.45) is 0.778. The number of hydrogen-bond donors (Lipinski definition) is 1. The van der Waals surface area contributed by atoms with Crippen LogP contribution in [0.1, 0.15) is 13.3 Å². The molecule has 1 N–H and O–H groups in total. The molecule has 1 aliphatic heterocycles. The Hall–Kier alpha value is -1.10. The second kappa shape index (κ2) is 4.61. The molecule has 0 aromatic carbocycles. The fourth-order valence-electron chi connectivity index (χ4n) is 1.74. The highest BCUT2D eigenvalue weighted by Gasteiger charge is 2.31. The first-order valence-corrected chi connectivity index (χ1v) is 5.15. The topological polar surface area (TPSA) is 52.7 Å². The van der Waals surface area contributed by atoms with E-state index in [0.29, 0.717) is 0 Å². The zero-order valence-corrected chi connectivity index (χ0v) is 9.78. The quantitative estimate of drug-likeness (QED) is 0.673. The zero-order valence-electron chi connectivity index (χ0n) is 9.78. The van der Waals surface area contributed by atoms with Crippen LogP contribution in [0.4, 0.5) is 0 Å². The lowest BCUT2D eigenvalue weighted by atomic mass is 10.2. The summed E-state index contributed by atoms with van der Waals surface area (Å²) in [5.74, 6) is 0.0748. The molecular weight excluding hydrogens is 194 g/mol. The molecule has 0 bridgehead atoms. The summed E-state index contributed by atoms with van der Waals surface area (Å²) in [7, 11) is 5.20. The highest BCUT2D eigenvalue weighted by Crippen LogP contribution is 2.09. The molecule has 1 rings (SSSR count). The number of amides is 2. The molecule has 0 aliphatic carbocycles. The average molecular weight is 213 g/mol. The number of carbonyl (C=O) groups is 2. The average Bonchev–Trinajstić information content (AvgIpc) is 2.48. The van der Waals surface area contributed by atoms with Crippen LogP contribution in [0, 0.1) is 0 Å².